The van der Waals surface area contributed by atoms with Gasteiger partial charge in [-0.15, -0.1) is 0 Å². The molecule has 3 aliphatic rings. The number of hydrogen-bond donors (Lipinski definition) is 0. The van der Waals surface area contributed by atoms with E-state index in [4.69, 9.17) is 14.2 Å². The summed E-state index contributed by atoms with van der Waals surface area (Å²) in [4.78, 5) is 35.5. The van der Waals surface area contributed by atoms with Crippen molar-refractivity contribution in [3.8, 4) is 0 Å². The lowest BCUT2D eigenvalue weighted by atomic mass is 9.80. The van der Waals surface area contributed by atoms with Crippen LogP contribution in [0.25, 0.3) is 0 Å². The van der Waals surface area contributed by atoms with Gasteiger partial charge in [0.15, 0.2) is 0 Å². The minimum absolute atomic E-state index is 0.00470. The summed E-state index contributed by atoms with van der Waals surface area (Å²) in [5.41, 5.74) is 0. The van der Waals surface area contributed by atoms with E-state index in [-0.39, 0.29) is 72.7 Å². The minimum atomic E-state index is -0.307. The third-order valence-electron chi connectivity index (χ3n) is 5.99. The van der Waals surface area contributed by atoms with Crippen molar-refractivity contribution in [1.29, 1.82) is 0 Å². The van der Waals surface area contributed by atoms with Crippen LogP contribution in [0.1, 0.15) is 46.5 Å². The third kappa shape index (κ3) is 2.91. The van der Waals surface area contributed by atoms with Crippen LogP contribution < -0.4 is 0 Å². The number of fused-ring (bicyclic) bond motifs is 1. The molecular formula is C18H26O6. The number of rotatable bonds is 7. The fraction of sp³-hybridized carbons (Fsp3) is 0.833. The van der Waals surface area contributed by atoms with E-state index in [1.807, 2.05) is 20.8 Å². The number of carbonyl (C=O) groups excluding carboxylic acids is 3. The molecule has 2 bridgehead atoms. The Morgan fingerprint density at radius 1 is 1.33 bits per heavy atom. The standard InChI is InChI=1S/C18H26O6/c1-4-9(2)17(20)22-7-5-6-13(19)23-15-11-8-12-14(10(11)3)18(21)24-16(12)15/h9-12,14-16H,4-8H2,1-3H3. The van der Waals surface area contributed by atoms with E-state index in [2.05, 4.69) is 0 Å². The molecule has 6 heteroatoms. The number of esters is 3. The molecule has 0 spiro atoms. The van der Waals surface area contributed by atoms with Crippen molar-refractivity contribution in [3.05, 3.63) is 0 Å². The first-order valence-corrected chi connectivity index (χ1v) is 9.00. The average Bonchev–Trinajstić information content (AvgIpc) is 3.15. The van der Waals surface area contributed by atoms with E-state index in [0.29, 0.717) is 6.42 Å². The molecule has 7 atom stereocenters. The Hall–Kier alpha value is -1.59. The molecule has 0 radical (unpaired) electrons. The summed E-state index contributed by atoms with van der Waals surface area (Å²) in [7, 11) is 0. The highest BCUT2D eigenvalue weighted by molar-refractivity contribution is 5.77. The maximum Gasteiger partial charge on any atom is 0.310 e. The van der Waals surface area contributed by atoms with E-state index < -0.39 is 0 Å². The van der Waals surface area contributed by atoms with Gasteiger partial charge in [-0.1, -0.05) is 20.8 Å². The van der Waals surface area contributed by atoms with Crippen molar-refractivity contribution < 1.29 is 28.6 Å². The maximum atomic E-state index is 12.1. The van der Waals surface area contributed by atoms with Crippen molar-refractivity contribution >= 4 is 17.9 Å². The zero-order valence-corrected chi connectivity index (χ0v) is 14.5. The fourth-order valence-corrected chi connectivity index (χ4v) is 4.41. The lowest BCUT2D eigenvalue weighted by molar-refractivity contribution is -0.163. The zero-order chi connectivity index (χ0) is 17.4. The largest absolute Gasteiger partial charge is 0.465 e. The Kier molecular flexibility index (Phi) is 4.83. The molecule has 0 aromatic heterocycles. The molecule has 0 amide bonds. The van der Waals surface area contributed by atoms with Gasteiger partial charge in [-0.2, -0.15) is 0 Å². The molecule has 0 aromatic carbocycles. The van der Waals surface area contributed by atoms with Gasteiger partial charge in [0.1, 0.15) is 12.2 Å². The SMILES string of the molecule is CCC(C)C(=O)OCCCC(=O)OC1C2CC3C1OC(=O)C3C2C. The molecule has 0 N–H and O–H groups in total. The number of hydrogen-bond acceptors (Lipinski definition) is 6. The van der Waals surface area contributed by atoms with E-state index in [0.717, 1.165) is 12.8 Å². The third-order valence-corrected chi connectivity index (χ3v) is 5.99. The van der Waals surface area contributed by atoms with E-state index in [1.165, 1.54) is 0 Å². The predicted molar refractivity (Wildman–Crippen MR) is 83.7 cm³/mol. The van der Waals surface area contributed by atoms with Gasteiger partial charge in [-0.25, -0.2) is 0 Å². The highest BCUT2D eigenvalue weighted by Crippen LogP contribution is 2.58. The Morgan fingerprint density at radius 3 is 2.79 bits per heavy atom. The second kappa shape index (κ2) is 6.73. The second-order valence-electron chi connectivity index (χ2n) is 7.38. The predicted octanol–water partition coefficient (Wildman–Crippen LogP) is 2.10. The first kappa shape index (κ1) is 17.2. The summed E-state index contributed by atoms with van der Waals surface area (Å²) in [6.07, 6.45) is 1.75. The van der Waals surface area contributed by atoms with Gasteiger partial charge < -0.3 is 14.2 Å². The molecule has 7 unspecified atom stereocenters. The molecule has 6 nitrogen and oxygen atoms in total. The molecule has 24 heavy (non-hydrogen) atoms. The Bertz CT molecular complexity index is 530. The molecule has 3 fully saturated rings. The Balaban J connectivity index is 1.42. The van der Waals surface area contributed by atoms with Gasteiger partial charge in [0.2, 0.25) is 0 Å². The summed E-state index contributed by atoms with van der Waals surface area (Å²) in [6.45, 7) is 6.03. The van der Waals surface area contributed by atoms with Crippen LogP contribution in [0.2, 0.25) is 0 Å². The van der Waals surface area contributed by atoms with Gasteiger partial charge in [0, 0.05) is 18.3 Å². The van der Waals surface area contributed by atoms with Crippen LogP contribution in [-0.2, 0) is 28.6 Å². The molecule has 2 aliphatic carbocycles. The van der Waals surface area contributed by atoms with Crippen LogP contribution in [0.15, 0.2) is 0 Å². The van der Waals surface area contributed by atoms with Crippen molar-refractivity contribution in [1.82, 2.24) is 0 Å². The average molecular weight is 338 g/mol. The first-order chi connectivity index (χ1) is 11.4. The molecular weight excluding hydrogens is 312 g/mol. The smallest absolute Gasteiger partial charge is 0.310 e. The maximum absolute atomic E-state index is 12.1. The summed E-state index contributed by atoms with van der Waals surface area (Å²) >= 11 is 0. The van der Waals surface area contributed by atoms with Crippen molar-refractivity contribution in [2.45, 2.75) is 58.7 Å². The van der Waals surface area contributed by atoms with Crippen LogP contribution in [0, 0.1) is 29.6 Å². The number of carbonyl (C=O) groups is 3. The van der Waals surface area contributed by atoms with Crippen LogP contribution in [-0.4, -0.2) is 36.7 Å². The van der Waals surface area contributed by atoms with Crippen molar-refractivity contribution in [2.75, 3.05) is 6.61 Å². The van der Waals surface area contributed by atoms with E-state index >= 15 is 0 Å². The van der Waals surface area contributed by atoms with Gasteiger partial charge in [-0.05, 0) is 25.2 Å². The van der Waals surface area contributed by atoms with Gasteiger partial charge in [0.05, 0.1) is 18.4 Å². The summed E-state index contributed by atoms with van der Waals surface area (Å²) in [5.74, 6) is -0.121. The normalized spacial score (nSPS) is 37.2. The van der Waals surface area contributed by atoms with Gasteiger partial charge in [0.25, 0.3) is 0 Å². The Labute approximate surface area is 142 Å². The second-order valence-corrected chi connectivity index (χ2v) is 7.38. The molecule has 2 saturated carbocycles. The summed E-state index contributed by atoms with van der Waals surface area (Å²) in [6, 6.07) is 0. The molecule has 3 rings (SSSR count). The monoisotopic (exact) mass is 338 g/mol. The topological polar surface area (TPSA) is 78.9 Å². The van der Waals surface area contributed by atoms with E-state index in [1.54, 1.807) is 0 Å². The van der Waals surface area contributed by atoms with E-state index in [9.17, 15) is 14.4 Å². The molecule has 1 aliphatic heterocycles. The highest BCUT2D eigenvalue weighted by atomic mass is 16.6. The lowest BCUT2D eigenvalue weighted by Gasteiger charge is -2.29. The fourth-order valence-electron chi connectivity index (χ4n) is 4.41. The quantitative estimate of drug-likeness (QED) is 0.402. The van der Waals surface area contributed by atoms with Crippen LogP contribution in [0.4, 0.5) is 0 Å². The molecule has 1 heterocycles. The zero-order valence-electron chi connectivity index (χ0n) is 14.5. The van der Waals surface area contributed by atoms with Crippen molar-refractivity contribution in [3.63, 3.8) is 0 Å². The van der Waals surface area contributed by atoms with Crippen LogP contribution in [0.5, 0.6) is 0 Å². The minimum Gasteiger partial charge on any atom is -0.465 e. The van der Waals surface area contributed by atoms with Crippen LogP contribution >= 0.6 is 0 Å². The highest BCUT2D eigenvalue weighted by Gasteiger charge is 2.66. The lowest BCUT2D eigenvalue weighted by Crippen LogP contribution is -2.39. The Morgan fingerprint density at radius 2 is 2.08 bits per heavy atom. The summed E-state index contributed by atoms with van der Waals surface area (Å²) in [5, 5.41) is 0. The number of ether oxygens (including phenoxy) is 3. The van der Waals surface area contributed by atoms with Gasteiger partial charge in [-0.3, -0.25) is 14.4 Å². The van der Waals surface area contributed by atoms with Gasteiger partial charge >= 0.3 is 17.9 Å². The molecule has 0 aromatic rings. The molecule has 1 saturated heterocycles. The molecule has 134 valence electrons. The first-order valence-electron chi connectivity index (χ1n) is 9.00. The van der Waals surface area contributed by atoms with Crippen LogP contribution in [0.3, 0.4) is 0 Å². The summed E-state index contributed by atoms with van der Waals surface area (Å²) < 4.78 is 16.2. The van der Waals surface area contributed by atoms with Crippen molar-refractivity contribution in [2.24, 2.45) is 29.6 Å².